The summed E-state index contributed by atoms with van der Waals surface area (Å²) in [6, 6.07) is 8.10. The molecule has 1 aliphatic carbocycles. The highest BCUT2D eigenvalue weighted by Gasteiger charge is 2.56. The molecule has 0 radical (unpaired) electrons. The SMILES string of the molecule is NC(=O)OC1CN(S(=O)(=O)c2ccc(Cl)cc2Cl)C2CN(C3CC3)C(=O)C(Cc3ccc(F)cc3)N2C1=O. The molecule has 0 spiro atoms. The standard InChI is InChI=1S/C24H23Cl2FN4O6S/c25-14-3-8-20(17(26)10-14)38(35,36)30-11-19(37-24(28)34)23(33)31-18(9-13-1-4-15(27)5-2-13)22(32)29(12-21(30)31)16-6-7-16/h1-5,8,10,16,18-19,21H,6-7,9,11-12H2,(H2,28,34). The van der Waals surface area contributed by atoms with Gasteiger partial charge in [-0.15, -0.1) is 0 Å². The second-order valence-corrected chi connectivity index (χ2v) is 12.1. The van der Waals surface area contributed by atoms with E-state index in [1.807, 2.05) is 0 Å². The summed E-state index contributed by atoms with van der Waals surface area (Å²) in [5.74, 6) is -1.59. The zero-order valence-corrected chi connectivity index (χ0v) is 22.1. The predicted molar refractivity (Wildman–Crippen MR) is 134 cm³/mol. The summed E-state index contributed by atoms with van der Waals surface area (Å²) in [6.07, 6.45) is -2.50. The minimum absolute atomic E-state index is 0.0105. The molecule has 0 aromatic heterocycles. The normalized spacial score (nSPS) is 24.3. The number of primary amides is 1. The number of amides is 3. The summed E-state index contributed by atoms with van der Waals surface area (Å²) in [5.41, 5.74) is 5.74. The van der Waals surface area contributed by atoms with Crippen LogP contribution in [-0.4, -0.2) is 77.9 Å². The third-order valence-electron chi connectivity index (χ3n) is 6.86. The van der Waals surface area contributed by atoms with Crippen molar-refractivity contribution in [1.29, 1.82) is 0 Å². The molecule has 2 N–H and O–H groups in total. The van der Waals surface area contributed by atoms with Gasteiger partial charge in [0.05, 0.1) is 18.1 Å². The minimum atomic E-state index is -4.39. The lowest BCUT2D eigenvalue weighted by atomic mass is 9.97. The van der Waals surface area contributed by atoms with Crippen molar-refractivity contribution < 1.29 is 31.9 Å². The van der Waals surface area contributed by atoms with E-state index in [1.54, 1.807) is 4.90 Å². The van der Waals surface area contributed by atoms with Gasteiger partial charge in [-0.25, -0.2) is 17.6 Å². The second kappa shape index (κ2) is 9.99. The van der Waals surface area contributed by atoms with Crippen LogP contribution >= 0.6 is 23.2 Å². The van der Waals surface area contributed by atoms with Crippen molar-refractivity contribution in [2.24, 2.45) is 5.73 Å². The molecule has 0 bridgehead atoms. The van der Waals surface area contributed by atoms with Crippen LogP contribution in [0.25, 0.3) is 0 Å². The van der Waals surface area contributed by atoms with Crippen LogP contribution in [0.4, 0.5) is 9.18 Å². The number of ether oxygens (including phenoxy) is 1. The highest BCUT2D eigenvalue weighted by molar-refractivity contribution is 7.89. The summed E-state index contributed by atoms with van der Waals surface area (Å²) >= 11 is 12.2. The van der Waals surface area contributed by atoms with Crippen LogP contribution in [0.15, 0.2) is 47.4 Å². The molecule has 1 saturated carbocycles. The Bertz CT molecular complexity index is 1410. The summed E-state index contributed by atoms with van der Waals surface area (Å²) < 4.78 is 47.4. The number of sulfonamides is 1. The first-order valence-corrected chi connectivity index (χ1v) is 14.0. The van der Waals surface area contributed by atoms with Crippen molar-refractivity contribution in [3.8, 4) is 0 Å². The highest BCUT2D eigenvalue weighted by atomic mass is 35.5. The molecule has 3 unspecified atom stereocenters. The Balaban J connectivity index is 1.60. The van der Waals surface area contributed by atoms with Crippen molar-refractivity contribution in [3.63, 3.8) is 0 Å². The Hall–Kier alpha value is -2.93. The van der Waals surface area contributed by atoms with Crippen molar-refractivity contribution in [3.05, 3.63) is 63.9 Å². The third-order valence-corrected chi connectivity index (χ3v) is 9.44. The number of nitrogens with two attached hydrogens (primary N) is 1. The molecule has 38 heavy (non-hydrogen) atoms. The number of carbonyl (C=O) groups is 3. The van der Waals surface area contributed by atoms with Crippen LogP contribution in [0.3, 0.4) is 0 Å². The van der Waals surface area contributed by atoms with Gasteiger partial charge in [0, 0.05) is 17.5 Å². The van der Waals surface area contributed by atoms with E-state index in [9.17, 15) is 27.2 Å². The molecule has 2 aromatic carbocycles. The zero-order chi connectivity index (χ0) is 27.4. The molecule has 3 amide bonds. The molecule has 2 heterocycles. The molecule has 14 heteroatoms. The van der Waals surface area contributed by atoms with Gasteiger partial charge in [-0.3, -0.25) is 9.59 Å². The summed E-state index contributed by atoms with van der Waals surface area (Å²) in [6.45, 7) is -0.608. The molecule has 2 aromatic rings. The van der Waals surface area contributed by atoms with E-state index in [2.05, 4.69) is 0 Å². The predicted octanol–water partition coefficient (Wildman–Crippen LogP) is 2.37. The lowest BCUT2D eigenvalue weighted by molar-refractivity contribution is -0.174. The number of hydrogen-bond acceptors (Lipinski definition) is 6. The zero-order valence-electron chi connectivity index (χ0n) is 19.8. The molecule has 2 saturated heterocycles. The number of nitrogens with zero attached hydrogens (tertiary/aromatic N) is 3. The average molecular weight is 585 g/mol. The Labute approximate surface area is 228 Å². The van der Waals surface area contributed by atoms with E-state index in [1.165, 1.54) is 42.5 Å². The van der Waals surface area contributed by atoms with Gasteiger partial charge < -0.3 is 20.3 Å². The molecule has 10 nitrogen and oxygen atoms in total. The van der Waals surface area contributed by atoms with Crippen molar-refractivity contribution in [2.45, 2.75) is 48.5 Å². The molecule has 5 rings (SSSR count). The highest BCUT2D eigenvalue weighted by Crippen LogP contribution is 2.38. The molecule has 2 aliphatic heterocycles. The van der Waals surface area contributed by atoms with Gasteiger partial charge in [0.15, 0.2) is 6.10 Å². The molecular formula is C24H23Cl2FN4O6S. The van der Waals surface area contributed by atoms with Crippen molar-refractivity contribution in [2.75, 3.05) is 13.1 Å². The van der Waals surface area contributed by atoms with Gasteiger partial charge >= 0.3 is 6.09 Å². The summed E-state index contributed by atoms with van der Waals surface area (Å²) in [7, 11) is -4.39. The number of rotatable bonds is 6. The second-order valence-electron chi connectivity index (χ2n) is 9.37. The van der Waals surface area contributed by atoms with Crippen LogP contribution in [0, 0.1) is 5.82 Å². The lowest BCUT2D eigenvalue weighted by Gasteiger charge is -2.53. The Kier molecular flexibility index (Phi) is 7.01. The van der Waals surface area contributed by atoms with Crippen LogP contribution in [-0.2, 0) is 30.8 Å². The molecule has 3 aliphatic rings. The Morgan fingerprint density at radius 3 is 2.34 bits per heavy atom. The fourth-order valence-corrected chi connectivity index (χ4v) is 7.29. The van der Waals surface area contributed by atoms with Crippen LogP contribution < -0.4 is 5.73 Å². The molecular weight excluding hydrogens is 562 g/mol. The first-order valence-electron chi connectivity index (χ1n) is 11.8. The topological polar surface area (TPSA) is 130 Å². The smallest absolute Gasteiger partial charge is 0.405 e. The van der Waals surface area contributed by atoms with Gasteiger partial charge in [0.25, 0.3) is 5.91 Å². The fourth-order valence-electron chi connectivity index (χ4n) is 4.97. The van der Waals surface area contributed by atoms with Crippen molar-refractivity contribution in [1.82, 2.24) is 14.1 Å². The Morgan fingerprint density at radius 2 is 1.74 bits per heavy atom. The number of fused-ring (bicyclic) bond motifs is 1. The van der Waals surface area contributed by atoms with Gasteiger partial charge in [0.2, 0.25) is 15.9 Å². The van der Waals surface area contributed by atoms with Gasteiger partial charge in [-0.1, -0.05) is 35.3 Å². The van der Waals surface area contributed by atoms with Gasteiger partial charge in [-0.2, -0.15) is 4.31 Å². The van der Waals surface area contributed by atoms with E-state index in [-0.39, 0.29) is 39.9 Å². The van der Waals surface area contributed by atoms with Crippen LogP contribution in [0.2, 0.25) is 10.0 Å². The minimum Gasteiger partial charge on any atom is -0.435 e. The first-order chi connectivity index (χ1) is 18.0. The van der Waals surface area contributed by atoms with Crippen LogP contribution in [0.5, 0.6) is 0 Å². The monoisotopic (exact) mass is 584 g/mol. The Morgan fingerprint density at radius 1 is 1.05 bits per heavy atom. The quantitative estimate of drug-likeness (QED) is 0.554. The molecule has 3 atom stereocenters. The number of hydrogen-bond donors (Lipinski definition) is 1. The van der Waals surface area contributed by atoms with E-state index >= 15 is 0 Å². The number of halogens is 3. The number of piperazine rings is 1. The average Bonchev–Trinajstić information content (AvgIpc) is 3.68. The molecule has 3 fully saturated rings. The van der Waals surface area contributed by atoms with Gasteiger partial charge in [-0.05, 0) is 48.7 Å². The number of benzene rings is 2. The maximum atomic E-state index is 13.9. The van der Waals surface area contributed by atoms with E-state index in [4.69, 9.17) is 33.7 Å². The van der Waals surface area contributed by atoms with Gasteiger partial charge in [0.1, 0.15) is 22.9 Å². The molecule has 202 valence electrons. The van der Waals surface area contributed by atoms with E-state index in [0.29, 0.717) is 5.56 Å². The fraction of sp³-hybridized carbons (Fsp3) is 0.375. The lowest BCUT2D eigenvalue weighted by Crippen LogP contribution is -2.75. The summed E-state index contributed by atoms with van der Waals surface area (Å²) in [5, 5.41) is 0.0870. The number of carbonyl (C=O) groups excluding carboxylic acids is 3. The van der Waals surface area contributed by atoms with Crippen LogP contribution in [0.1, 0.15) is 18.4 Å². The maximum absolute atomic E-state index is 13.9. The third kappa shape index (κ3) is 4.93. The summed E-state index contributed by atoms with van der Waals surface area (Å²) in [4.78, 5) is 41.3. The first kappa shape index (κ1) is 26.7. The van der Waals surface area contributed by atoms with E-state index < -0.39 is 52.7 Å². The largest absolute Gasteiger partial charge is 0.435 e. The van der Waals surface area contributed by atoms with E-state index in [0.717, 1.165) is 22.0 Å². The van der Waals surface area contributed by atoms with Crippen molar-refractivity contribution >= 4 is 51.1 Å². The maximum Gasteiger partial charge on any atom is 0.405 e.